The van der Waals surface area contributed by atoms with E-state index in [4.69, 9.17) is 9.47 Å². The number of rotatable bonds is 6. The highest BCUT2D eigenvalue weighted by Gasteiger charge is 2.35. The standard InChI is InChI=1S/C19H21N3O4/c1-3-26-16-7-5-15(6-8-16)22-12-13(10-18(22)23)19(24)21-14-4-9-17(25-2)20-11-14/h4-9,11,13H,3,10,12H2,1-2H3,(H,21,24)/t13-/m1/s1. The highest BCUT2D eigenvalue weighted by Crippen LogP contribution is 2.27. The van der Waals surface area contributed by atoms with Crippen LogP contribution in [0.25, 0.3) is 0 Å². The fourth-order valence-corrected chi connectivity index (χ4v) is 2.84. The van der Waals surface area contributed by atoms with Gasteiger partial charge in [0.15, 0.2) is 0 Å². The zero-order chi connectivity index (χ0) is 18.5. The zero-order valence-electron chi connectivity index (χ0n) is 14.8. The predicted molar refractivity (Wildman–Crippen MR) is 97.5 cm³/mol. The van der Waals surface area contributed by atoms with Crippen molar-refractivity contribution in [2.75, 3.05) is 30.5 Å². The van der Waals surface area contributed by atoms with Crippen LogP contribution in [0.2, 0.25) is 0 Å². The topological polar surface area (TPSA) is 80.8 Å². The van der Waals surface area contributed by atoms with E-state index in [0.717, 1.165) is 11.4 Å². The van der Waals surface area contributed by atoms with Gasteiger partial charge in [0.25, 0.3) is 0 Å². The number of anilines is 2. The molecule has 1 atom stereocenters. The van der Waals surface area contributed by atoms with Crippen LogP contribution in [0.15, 0.2) is 42.6 Å². The maximum atomic E-state index is 12.5. The number of hydrogen-bond acceptors (Lipinski definition) is 5. The molecular weight excluding hydrogens is 334 g/mol. The molecule has 26 heavy (non-hydrogen) atoms. The van der Waals surface area contributed by atoms with Gasteiger partial charge in [-0.1, -0.05) is 0 Å². The molecule has 2 aromatic rings. The monoisotopic (exact) mass is 355 g/mol. The molecule has 1 aromatic heterocycles. The van der Waals surface area contributed by atoms with E-state index < -0.39 is 5.92 Å². The average molecular weight is 355 g/mol. The van der Waals surface area contributed by atoms with E-state index >= 15 is 0 Å². The minimum absolute atomic E-state index is 0.0674. The number of hydrogen-bond donors (Lipinski definition) is 1. The second-order valence-corrected chi connectivity index (χ2v) is 5.91. The number of nitrogens with one attached hydrogen (secondary N) is 1. The van der Waals surface area contributed by atoms with Crippen molar-refractivity contribution in [3.05, 3.63) is 42.6 Å². The third-order valence-electron chi connectivity index (χ3n) is 4.17. The number of carbonyl (C=O) groups excluding carboxylic acids is 2. The van der Waals surface area contributed by atoms with Gasteiger partial charge < -0.3 is 19.7 Å². The SMILES string of the molecule is CCOc1ccc(N2C[C@H](C(=O)Nc3ccc(OC)nc3)CC2=O)cc1. The summed E-state index contributed by atoms with van der Waals surface area (Å²) in [6, 6.07) is 10.7. The van der Waals surface area contributed by atoms with Crippen molar-refractivity contribution in [2.24, 2.45) is 5.92 Å². The van der Waals surface area contributed by atoms with Gasteiger partial charge in [0.1, 0.15) is 5.75 Å². The average Bonchev–Trinajstić information content (AvgIpc) is 3.05. The number of amides is 2. The molecule has 0 aliphatic carbocycles. The zero-order valence-corrected chi connectivity index (χ0v) is 14.8. The van der Waals surface area contributed by atoms with Crippen molar-refractivity contribution >= 4 is 23.2 Å². The Morgan fingerprint density at radius 3 is 2.65 bits per heavy atom. The van der Waals surface area contributed by atoms with Crippen molar-refractivity contribution in [3.8, 4) is 11.6 Å². The van der Waals surface area contributed by atoms with Crippen LogP contribution in [0, 0.1) is 5.92 Å². The van der Waals surface area contributed by atoms with Gasteiger partial charge in [-0.05, 0) is 37.3 Å². The number of benzene rings is 1. The maximum absolute atomic E-state index is 12.5. The third-order valence-corrected chi connectivity index (χ3v) is 4.17. The molecule has 0 bridgehead atoms. The lowest BCUT2D eigenvalue weighted by molar-refractivity contribution is -0.122. The number of nitrogens with zero attached hydrogens (tertiary/aromatic N) is 2. The molecule has 1 N–H and O–H groups in total. The predicted octanol–water partition coefficient (Wildman–Crippen LogP) is 2.48. The van der Waals surface area contributed by atoms with E-state index in [9.17, 15) is 9.59 Å². The summed E-state index contributed by atoms with van der Waals surface area (Å²) in [6.07, 6.45) is 1.71. The van der Waals surface area contributed by atoms with Gasteiger partial charge in [0.2, 0.25) is 17.7 Å². The van der Waals surface area contributed by atoms with Gasteiger partial charge >= 0.3 is 0 Å². The number of ether oxygens (including phenoxy) is 2. The molecule has 0 saturated carbocycles. The molecule has 0 spiro atoms. The fourth-order valence-electron chi connectivity index (χ4n) is 2.84. The first-order chi connectivity index (χ1) is 12.6. The van der Waals surface area contributed by atoms with Crippen LogP contribution in [0.1, 0.15) is 13.3 Å². The Bertz CT molecular complexity index is 774. The van der Waals surface area contributed by atoms with Crippen molar-refractivity contribution in [1.29, 1.82) is 0 Å². The Morgan fingerprint density at radius 2 is 2.04 bits per heavy atom. The van der Waals surface area contributed by atoms with Gasteiger partial charge in [0, 0.05) is 24.7 Å². The molecule has 0 unspecified atom stereocenters. The molecule has 1 aliphatic rings. The van der Waals surface area contributed by atoms with Crippen LogP contribution < -0.4 is 19.7 Å². The first kappa shape index (κ1) is 17.7. The van der Waals surface area contributed by atoms with Crippen molar-refractivity contribution in [3.63, 3.8) is 0 Å². The molecule has 1 fully saturated rings. The summed E-state index contributed by atoms with van der Waals surface area (Å²) in [4.78, 5) is 30.5. The summed E-state index contributed by atoms with van der Waals surface area (Å²) in [6.45, 7) is 2.85. The Balaban J connectivity index is 1.63. The molecule has 0 radical (unpaired) electrons. The summed E-state index contributed by atoms with van der Waals surface area (Å²) < 4.78 is 10.4. The van der Waals surface area contributed by atoms with Crippen molar-refractivity contribution in [2.45, 2.75) is 13.3 Å². The number of aromatic nitrogens is 1. The first-order valence-electron chi connectivity index (χ1n) is 8.45. The highest BCUT2D eigenvalue weighted by atomic mass is 16.5. The lowest BCUT2D eigenvalue weighted by Crippen LogP contribution is -2.28. The van der Waals surface area contributed by atoms with E-state index in [-0.39, 0.29) is 18.2 Å². The minimum Gasteiger partial charge on any atom is -0.494 e. The Morgan fingerprint density at radius 1 is 1.27 bits per heavy atom. The van der Waals surface area contributed by atoms with E-state index in [0.29, 0.717) is 24.7 Å². The third kappa shape index (κ3) is 3.93. The van der Waals surface area contributed by atoms with Crippen molar-refractivity contribution in [1.82, 2.24) is 4.98 Å². The summed E-state index contributed by atoms with van der Waals surface area (Å²) in [5.74, 6) is 0.557. The lowest BCUT2D eigenvalue weighted by Gasteiger charge is -2.17. The highest BCUT2D eigenvalue weighted by molar-refractivity contribution is 6.03. The van der Waals surface area contributed by atoms with E-state index in [1.54, 1.807) is 17.0 Å². The van der Waals surface area contributed by atoms with Gasteiger partial charge in [-0.15, -0.1) is 0 Å². The van der Waals surface area contributed by atoms with E-state index in [1.807, 2.05) is 31.2 Å². The number of methoxy groups -OCH3 is 1. The van der Waals surface area contributed by atoms with Crippen LogP contribution in [-0.4, -0.2) is 37.1 Å². The summed E-state index contributed by atoms with van der Waals surface area (Å²) in [5.41, 5.74) is 1.34. The van der Waals surface area contributed by atoms with Crippen LogP contribution in [-0.2, 0) is 9.59 Å². The largest absolute Gasteiger partial charge is 0.494 e. The molecule has 1 saturated heterocycles. The van der Waals surface area contributed by atoms with Crippen LogP contribution in [0.5, 0.6) is 11.6 Å². The molecule has 7 heteroatoms. The number of pyridine rings is 1. The van der Waals surface area contributed by atoms with Gasteiger partial charge in [-0.25, -0.2) is 4.98 Å². The van der Waals surface area contributed by atoms with Crippen molar-refractivity contribution < 1.29 is 19.1 Å². The van der Waals surface area contributed by atoms with Crippen LogP contribution >= 0.6 is 0 Å². The Labute approximate surface area is 151 Å². The van der Waals surface area contributed by atoms with Gasteiger partial charge in [0.05, 0.1) is 31.5 Å². The fraction of sp³-hybridized carbons (Fsp3) is 0.316. The van der Waals surface area contributed by atoms with Crippen LogP contribution in [0.3, 0.4) is 0 Å². The molecular formula is C19H21N3O4. The first-order valence-corrected chi connectivity index (χ1v) is 8.45. The summed E-state index contributed by atoms with van der Waals surface area (Å²) in [7, 11) is 1.53. The quantitative estimate of drug-likeness (QED) is 0.861. The van der Waals surface area contributed by atoms with Gasteiger partial charge in [-0.3, -0.25) is 9.59 Å². The molecule has 7 nitrogen and oxygen atoms in total. The number of carbonyl (C=O) groups is 2. The maximum Gasteiger partial charge on any atom is 0.229 e. The smallest absolute Gasteiger partial charge is 0.229 e. The Hall–Kier alpha value is -3.09. The van der Waals surface area contributed by atoms with Crippen LogP contribution in [0.4, 0.5) is 11.4 Å². The second-order valence-electron chi connectivity index (χ2n) is 5.91. The van der Waals surface area contributed by atoms with E-state index in [2.05, 4.69) is 10.3 Å². The minimum atomic E-state index is -0.406. The molecule has 136 valence electrons. The lowest BCUT2D eigenvalue weighted by atomic mass is 10.1. The summed E-state index contributed by atoms with van der Waals surface area (Å²) in [5, 5.41) is 2.80. The molecule has 2 heterocycles. The molecule has 1 aliphatic heterocycles. The summed E-state index contributed by atoms with van der Waals surface area (Å²) >= 11 is 0. The van der Waals surface area contributed by atoms with Gasteiger partial charge in [-0.2, -0.15) is 0 Å². The molecule has 1 aromatic carbocycles. The molecule has 3 rings (SSSR count). The Kier molecular flexibility index (Phi) is 5.36. The van der Waals surface area contributed by atoms with E-state index in [1.165, 1.54) is 13.3 Å². The second kappa shape index (κ2) is 7.86. The molecule has 2 amide bonds. The normalized spacial score (nSPS) is 16.5.